The first-order valence-corrected chi connectivity index (χ1v) is 11.5. The molecule has 0 saturated carbocycles. The number of benzene rings is 2. The SMILES string of the molecule is Cc1ccccc1N(CC(=O)Nc1ccccc1N1CCN(C)CC1)S(C)(=O)=O. The summed E-state index contributed by atoms with van der Waals surface area (Å²) in [5.41, 5.74) is 2.96. The highest BCUT2D eigenvalue weighted by Crippen LogP contribution is 2.27. The maximum absolute atomic E-state index is 12.8. The molecule has 1 saturated heterocycles. The maximum atomic E-state index is 12.8. The Bertz CT molecular complexity index is 969. The van der Waals surface area contributed by atoms with Crippen molar-refractivity contribution < 1.29 is 13.2 Å². The van der Waals surface area contributed by atoms with Crippen LogP contribution in [0, 0.1) is 6.92 Å². The van der Waals surface area contributed by atoms with Crippen LogP contribution in [0.25, 0.3) is 0 Å². The predicted octanol–water partition coefficient (Wildman–Crippen LogP) is 2.15. The van der Waals surface area contributed by atoms with E-state index in [-0.39, 0.29) is 12.5 Å². The number of rotatable bonds is 6. The zero-order chi connectivity index (χ0) is 21.0. The van der Waals surface area contributed by atoms with Gasteiger partial charge in [-0.25, -0.2) is 8.42 Å². The molecule has 3 rings (SSSR count). The van der Waals surface area contributed by atoms with Crippen molar-refractivity contribution in [2.75, 3.05) is 60.5 Å². The lowest BCUT2D eigenvalue weighted by atomic mass is 10.2. The number of piperazine rings is 1. The number of nitrogens with zero attached hydrogens (tertiary/aromatic N) is 3. The van der Waals surface area contributed by atoms with Crippen LogP contribution in [-0.4, -0.2) is 65.3 Å². The molecule has 0 aromatic heterocycles. The molecule has 1 amide bonds. The molecule has 0 aliphatic carbocycles. The number of para-hydroxylation sites is 3. The Morgan fingerprint density at radius 1 is 1.03 bits per heavy atom. The Morgan fingerprint density at radius 3 is 2.31 bits per heavy atom. The van der Waals surface area contributed by atoms with Crippen molar-refractivity contribution in [3.8, 4) is 0 Å². The Morgan fingerprint density at radius 2 is 1.66 bits per heavy atom. The number of sulfonamides is 1. The number of hydrogen-bond acceptors (Lipinski definition) is 5. The molecule has 0 bridgehead atoms. The van der Waals surface area contributed by atoms with Crippen LogP contribution >= 0.6 is 0 Å². The van der Waals surface area contributed by atoms with Crippen molar-refractivity contribution in [2.45, 2.75) is 6.92 Å². The lowest BCUT2D eigenvalue weighted by Crippen LogP contribution is -2.45. The molecular formula is C21H28N4O3S. The van der Waals surface area contributed by atoms with Crippen molar-refractivity contribution >= 4 is 33.0 Å². The number of aryl methyl sites for hydroxylation is 1. The van der Waals surface area contributed by atoms with Gasteiger partial charge < -0.3 is 15.1 Å². The van der Waals surface area contributed by atoms with Gasteiger partial charge in [0, 0.05) is 26.2 Å². The third-order valence-corrected chi connectivity index (χ3v) is 6.22. The topological polar surface area (TPSA) is 73.0 Å². The predicted molar refractivity (Wildman–Crippen MR) is 118 cm³/mol. The number of nitrogens with one attached hydrogen (secondary N) is 1. The molecule has 7 nitrogen and oxygen atoms in total. The summed E-state index contributed by atoms with van der Waals surface area (Å²) in [4.78, 5) is 17.3. The summed E-state index contributed by atoms with van der Waals surface area (Å²) < 4.78 is 25.8. The first kappa shape index (κ1) is 21.1. The van der Waals surface area contributed by atoms with E-state index in [1.807, 2.05) is 43.3 Å². The van der Waals surface area contributed by atoms with Gasteiger partial charge in [-0.05, 0) is 37.7 Å². The quantitative estimate of drug-likeness (QED) is 0.781. The minimum absolute atomic E-state index is 0.277. The Hall–Kier alpha value is -2.58. The number of anilines is 3. The van der Waals surface area contributed by atoms with Gasteiger partial charge in [0.1, 0.15) is 6.54 Å². The summed E-state index contributed by atoms with van der Waals surface area (Å²) in [6.45, 7) is 5.22. The molecule has 1 aliphatic heterocycles. The highest BCUT2D eigenvalue weighted by Gasteiger charge is 2.23. The second-order valence-electron chi connectivity index (χ2n) is 7.41. The van der Waals surface area contributed by atoms with Crippen LogP contribution in [0.5, 0.6) is 0 Å². The van der Waals surface area contributed by atoms with E-state index in [0.29, 0.717) is 11.4 Å². The van der Waals surface area contributed by atoms with Gasteiger partial charge in [-0.1, -0.05) is 30.3 Å². The van der Waals surface area contributed by atoms with Gasteiger partial charge in [-0.2, -0.15) is 0 Å². The molecule has 1 N–H and O–H groups in total. The summed E-state index contributed by atoms with van der Waals surface area (Å²) in [6.07, 6.45) is 1.12. The van der Waals surface area contributed by atoms with Gasteiger partial charge in [0.2, 0.25) is 15.9 Å². The molecule has 0 radical (unpaired) electrons. The van der Waals surface area contributed by atoms with Crippen LogP contribution < -0.4 is 14.5 Å². The molecule has 2 aromatic rings. The molecular weight excluding hydrogens is 388 g/mol. The summed E-state index contributed by atoms with van der Waals surface area (Å²) in [5.74, 6) is -0.375. The fourth-order valence-electron chi connectivity index (χ4n) is 3.45. The van der Waals surface area contributed by atoms with Crippen LogP contribution in [-0.2, 0) is 14.8 Å². The number of carbonyl (C=O) groups is 1. The van der Waals surface area contributed by atoms with E-state index in [1.54, 1.807) is 12.1 Å². The molecule has 0 unspecified atom stereocenters. The fraction of sp³-hybridized carbons (Fsp3) is 0.381. The molecule has 1 fully saturated rings. The Balaban J connectivity index is 1.79. The summed E-state index contributed by atoms with van der Waals surface area (Å²) in [5, 5.41) is 2.91. The Labute approximate surface area is 173 Å². The van der Waals surface area contributed by atoms with Crippen molar-refractivity contribution in [3.63, 3.8) is 0 Å². The van der Waals surface area contributed by atoms with E-state index >= 15 is 0 Å². The standard InChI is InChI=1S/C21H28N4O3S/c1-17-8-4-6-10-19(17)25(29(3,27)28)16-21(26)22-18-9-5-7-11-20(18)24-14-12-23(2)13-15-24/h4-11H,12-16H2,1-3H3,(H,22,26). The molecule has 1 heterocycles. The van der Waals surface area contributed by atoms with Gasteiger partial charge in [-0.3, -0.25) is 9.10 Å². The first-order chi connectivity index (χ1) is 13.8. The molecule has 0 atom stereocenters. The highest BCUT2D eigenvalue weighted by atomic mass is 32.2. The monoisotopic (exact) mass is 416 g/mol. The average Bonchev–Trinajstić information content (AvgIpc) is 2.67. The van der Waals surface area contributed by atoms with E-state index in [9.17, 15) is 13.2 Å². The smallest absolute Gasteiger partial charge is 0.245 e. The number of carbonyl (C=O) groups excluding carboxylic acids is 1. The largest absolute Gasteiger partial charge is 0.367 e. The van der Waals surface area contributed by atoms with Gasteiger partial charge in [-0.15, -0.1) is 0 Å². The van der Waals surface area contributed by atoms with Crippen LogP contribution in [0.2, 0.25) is 0 Å². The van der Waals surface area contributed by atoms with E-state index in [0.717, 1.165) is 48.0 Å². The molecule has 0 spiro atoms. The third-order valence-electron chi connectivity index (χ3n) is 5.09. The van der Waals surface area contributed by atoms with E-state index in [1.165, 1.54) is 0 Å². The van der Waals surface area contributed by atoms with Crippen molar-refractivity contribution in [3.05, 3.63) is 54.1 Å². The zero-order valence-electron chi connectivity index (χ0n) is 17.1. The van der Waals surface area contributed by atoms with E-state index < -0.39 is 10.0 Å². The van der Waals surface area contributed by atoms with Gasteiger partial charge >= 0.3 is 0 Å². The second-order valence-corrected chi connectivity index (χ2v) is 9.32. The maximum Gasteiger partial charge on any atom is 0.245 e. The number of likely N-dealkylation sites (N-methyl/N-ethyl adjacent to an activating group) is 1. The number of hydrogen-bond donors (Lipinski definition) is 1. The van der Waals surface area contributed by atoms with Crippen LogP contribution in [0.4, 0.5) is 17.1 Å². The van der Waals surface area contributed by atoms with Crippen LogP contribution in [0.1, 0.15) is 5.56 Å². The fourth-order valence-corrected chi connectivity index (χ4v) is 4.36. The zero-order valence-corrected chi connectivity index (χ0v) is 17.9. The van der Waals surface area contributed by atoms with Crippen molar-refractivity contribution in [1.29, 1.82) is 0 Å². The molecule has 29 heavy (non-hydrogen) atoms. The lowest BCUT2D eigenvalue weighted by molar-refractivity contribution is -0.114. The molecule has 156 valence electrons. The lowest BCUT2D eigenvalue weighted by Gasteiger charge is -2.35. The highest BCUT2D eigenvalue weighted by molar-refractivity contribution is 7.92. The van der Waals surface area contributed by atoms with Gasteiger partial charge in [0.05, 0.1) is 23.3 Å². The van der Waals surface area contributed by atoms with Crippen molar-refractivity contribution in [2.24, 2.45) is 0 Å². The molecule has 1 aliphatic rings. The minimum Gasteiger partial charge on any atom is -0.367 e. The molecule has 8 heteroatoms. The molecule has 2 aromatic carbocycles. The summed E-state index contributed by atoms with van der Waals surface area (Å²) in [7, 11) is -1.51. The van der Waals surface area contributed by atoms with Gasteiger partial charge in [0.15, 0.2) is 0 Å². The normalized spacial score (nSPS) is 15.2. The van der Waals surface area contributed by atoms with Crippen LogP contribution in [0.15, 0.2) is 48.5 Å². The van der Waals surface area contributed by atoms with Crippen molar-refractivity contribution in [1.82, 2.24) is 4.90 Å². The Kier molecular flexibility index (Phi) is 6.44. The summed E-state index contributed by atoms with van der Waals surface area (Å²) in [6, 6.07) is 14.8. The first-order valence-electron chi connectivity index (χ1n) is 9.61. The van der Waals surface area contributed by atoms with Crippen LogP contribution in [0.3, 0.4) is 0 Å². The van der Waals surface area contributed by atoms with Gasteiger partial charge in [0.25, 0.3) is 0 Å². The second kappa shape index (κ2) is 8.84. The third kappa shape index (κ3) is 5.27. The summed E-state index contributed by atoms with van der Waals surface area (Å²) >= 11 is 0. The average molecular weight is 417 g/mol. The number of amides is 1. The minimum atomic E-state index is -3.61. The van der Waals surface area contributed by atoms with E-state index in [4.69, 9.17) is 0 Å². The van der Waals surface area contributed by atoms with E-state index in [2.05, 4.69) is 22.2 Å².